The molecule has 6 heteroatoms. The van der Waals surface area contributed by atoms with Gasteiger partial charge in [-0.15, -0.1) is 0 Å². The van der Waals surface area contributed by atoms with Crippen molar-refractivity contribution in [3.8, 4) is 0 Å². The SMILES string of the molecule is O=C(c1ccc(Cn2cccn2)o1)N1CCC[C@@]2(CCOC2)C1. The zero-order valence-corrected chi connectivity index (χ0v) is 13.1. The van der Waals surface area contributed by atoms with E-state index in [0.29, 0.717) is 12.3 Å². The molecular weight excluding hydrogens is 294 g/mol. The van der Waals surface area contributed by atoms with Gasteiger partial charge in [-0.3, -0.25) is 9.48 Å². The van der Waals surface area contributed by atoms with Crippen molar-refractivity contribution in [2.45, 2.75) is 25.8 Å². The van der Waals surface area contributed by atoms with E-state index in [2.05, 4.69) is 5.10 Å². The fraction of sp³-hybridized carbons (Fsp3) is 0.529. The Balaban J connectivity index is 1.45. The number of aromatic nitrogens is 2. The zero-order valence-electron chi connectivity index (χ0n) is 13.1. The number of piperidine rings is 1. The second-order valence-corrected chi connectivity index (χ2v) is 6.60. The molecule has 1 atom stereocenters. The molecule has 2 fully saturated rings. The van der Waals surface area contributed by atoms with Gasteiger partial charge < -0.3 is 14.1 Å². The topological polar surface area (TPSA) is 60.5 Å². The van der Waals surface area contributed by atoms with E-state index in [1.54, 1.807) is 16.9 Å². The smallest absolute Gasteiger partial charge is 0.289 e. The first-order valence-corrected chi connectivity index (χ1v) is 8.17. The Morgan fingerprint density at radius 2 is 2.30 bits per heavy atom. The second kappa shape index (κ2) is 5.85. The molecule has 2 aliphatic heterocycles. The third-order valence-corrected chi connectivity index (χ3v) is 4.88. The predicted molar refractivity (Wildman–Crippen MR) is 83.0 cm³/mol. The molecule has 4 heterocycles. The molecule has 2 aromatic heterocycles. The molecule has 0 bridgehead atoms. The van der Waals surface area contributed by atoms with Gasteiger partial charge in [0.15, 0.2) is 5.76 Å². The molecule has 0 radical (unpaired) electrons. The average Bonchev–Trinajstić information content (AvgIpc) is 3.30. The summed E-state index contributed by atoms with van der Waals surface area (Å²) in [6.07, 6.45) is 6.85. The van der Waals surface area contributed by atoms with Crippen LogP contribution in [0, 0.1) is 5.41 Å². The van der Waals surface area contributed by atoms with Crippen molar-refractivity contribution in [2.24, 2.45) is 5.41 Å². The summed E-state index contributed by atoms with van der Waals surface area (Å²) in [6, 6.07) is 5.49. The molecule has 1 spiro atoms. The summed E-state index contributed by atoms with van der Waals surface area (Å²) in [5, 5.41) is 4.15. The molecular formula is C17H21N3O3. The van der Waals surface area contributed by atoms with Gasteiger partial charge in [0.25, 0.3) is 5.91 Å². The molecule has 122 valence electrons. The van der Waals surface area contributed by atoms with Crippen molar-refractivity contribution in [3.63, 3.8) is 0 Å². The molecule has 1 amide bonds. The number of nitrogens with zero attached hydrogens (tertiary/aromatic N) is 3. The van der Waals surface area contributed by atoms with Gasteiger partial charge in [0.2, 0.25) is 0 Å². The van der Waals surface area contributed by atoms with E-state index in [4.69, 9.17) is 9.15 Å². The number of amides is 1. The molecule has 2 aliphatic rings. The minimum Gasteiger partial charge on any atom is -0.454 e. The molecule has 23 heavy (non-hydrogen) atoms. The van der Waals surface area contributed by atoms with E-state index in [0.717, 1.165) is 51.3 Å². The Bertz CT molecular complexity index is 671. The van der Waals surface area contributed by atoms with Gasteiger partial charge in [-0.1, -0.05) is 0 Å². The Hall–Kier alpha value is -2.08. The first kappa shape index (κ1) is 14.5. The van der Waals surface area contributed by atoms with E-state index < -0.39 is 0 Å². The van der Waals surface area contributed by atoms with Crippen molar-refractivity contribution in [2.75, 3.05) is 26.3 Å². The van der Waals surface area contributed by atoms with Crippen molar-refractivity contribution in [1.29, 1.82) is 0 Å². The van der Waals surface area contributed by atoms with E-state index in [-0.39, 0.29) is 11.3 Å². The first-order chi connectivity index (χ1) is 11.2. The highest BCUT2D eigenvalue weighted by molar-refractivity contribution is 5.91. The van der Waals surface area contributed by atoms with Gasteiger partial charge in [-0.2, -0.15) is 5.10 Å². The van der Waals surface area contributed by atoms with Crippen LogP contribution in [-0.4, -0.2) is 46.9 Å². The summed E-state index contributed by atoms with van der Waals surface area (Å²) in [6.45, 7) is 3.71. The van der Waals surface area contributed by atoms with E-state index >= 15 is 0 Å². The fourth-order valence-corrected chi connectivity index (χ4v) is 3.64. The van der Waals surface area contributed by atoms with E-state index in [1.807, 2.05) is 23.2 Å². The Labute approximate surface area is 135 Å². The van der Waals surface area contributed by atoms with Crippen LogP contribution >= 0.6 is 0 Å². The standard InChI is InChI=1S/C17H21N3O3/c21-16(19-8-1-5-17(12-19)6-10-22-13-17)15-4-3-14(23-15)11-20-9-2-7-18-20/h2-4,7,9H,1,5-6,8,10-13H2/t17-/m1/s1. The number of hydrogen-bond donors (Lipinski definition) is 0. The Morgan fingerprint density at radius 1 is 1.35 bits per heavy atom. The second-order valence-electron chi connectivity index (χ2n) is 6.60. The van der Waals surface area contributed by atoms with Gasteiger partial charge in [0.05, 0.1) is 13.2 Å². The lowest BCUT2D eigenvalue weighted by atomic mass is 9.79. The lowest BCUT2D eigenvalue weighted by Gasteiger charge is -2.39. The summed E-state index contributed by atoms with van der Waals surface area (Å²) >= 11 is 0. The van der Waals surface area contributed by atoms with Crippen LogP contribution in [0.3, 0.4) is 0 Å². The average molecular weight is 315 g/mol. The minimum absolute atomic E-state index is 0.0114. The molecule has 0 aliphatic carbocycles. The summed E-state index contributed by atoms with van der Waals surface area (Å²) in [5.41, 5.74) is 0.165. The number of furan rings is 1. The van der Waals surface area contributed by atoms with Gasteiger partial charge in [0.1, 0.15) is 5.76 Å². The van der Waals surface area contributed by atoms with Crippen LogP contribution in [0.15, 0.2) is 35.0 Å². The third kappa shape index (κ3) is 2.91. The van der Waals surface area contributed by atoms with E-state index in [9.17, 15) is 4.79 Å². The zero-order chi connectivity index (χ0) is 15.7. The van der Waals surface area contributed by atoms with Crippen LogP contribution in [0.4, 0.5) is 0 Å². The van der Waals surface area contributed by atoms with Crippen LogP contribution in [0.5, 0.6) is 0 Å². The first-order valence-electron chi connectivity index (χ1n) is 8.17. The summed E-state index contributed by atoms with van der Waals surface area (Å²) < 4.78 is 13.1. The highest BCUT2D eigenvalue weighted by Crippen LogP contribution is 2.38. The van der Waals surface area contributed by atoms with Crippen LogP contribution in [0.2, 0.25) is 0 Å². The maximum Gasteiger partial charge on any atom is 0.289 e. The van der Waals surface area contributed by atoms with Crippen molar-refractivity contribution in [3.05, 3.63) is 42.1 Å². The van der Waals surface area contributed by atoms with E-state index in [1.165, 1.54) is 0 Å². The Morgan fingerprint density at radius 3 is 3.09 bits per heavy atom. The molecule has 0 N–H and O–H groups in total. The highest BCUT2D eigenvalue weighted by atomic mass is 16.5. The predicted octanol–water partition coefficient (Wildman–Crippen LogP) is 2.17. The highest BCUT2D eigenvalue weighted by Gasteiger charge is 2.40. The van der Waals surface area contributed by atoms with Gasteiger partial charge in [0, 0.05) is 37.5 Å². The number of hydrogen-bond acceptors (Lipinski definition) is 4. The number of rotatable bonds is 3. The maximum absolute atomic E-state index is 12.7. The quantitative estimate of drug-likeness (QED) is 0.871. The minimum atomic E-state index is -0.0114. The summed E-state index contributed by atoms with van der Waals surface area (Å²) in [7, 11) is 0. The Kier molecular flexibility index (Phi) is 3.69. The molecule has 2 saturated heterocycles. The molecule has 0 aromatic carbocycles. The van der Waals surface area contributed by atoms with Gasteiger partial charge >= 0.3 is 0 Å². The van der Waals surface area contributed by atoms with Gasteiger partial charge in [-0.05, 0) is 37.5 Å². The molecule has 0 saturated carbocycles. The van der Waals surface area contributed by atoms with Crippen LogP contribution < -0.4 is 0 Å². The fourth-order valence-electron chi connectivity index (χ4n) is 3.64. The lowest BCUT2D eigenvalue weighted by molar-refractivity contribution is 0.0435. The number of carbonyl (C=O) groups excluding carboxylic acids is 1. The molecule has 0 unspecified atom stereocenters. The van der Waals surface area contributed by atoms with Gasteiger partial charge in [-0.25, -0.2) is 0 Å². The number of ether oxygens (including phenoxy) is 1. The van der Waals surface area contributed by atoms with Crippen molar-refractivity contribution >= 4 is 5.91 Å². The molecule has 2 aromatic rings. The number of likely N-dealkylation sites (tertiary alicyclic amines) is 1. The normalized spacial score (nSPS) is 24.4. The number of carbonyl (C=O) groups is 1. The summed E-state index contributed by atoms with van der Waals surface area (Å²) in [5.74, 6) is 1.15. The van der Waals surface area contributed by atoms with Crippen molar-refractivity contribution < 1.29 is 13.9 Å². The molecule has 6 nitrogen and oxygen atoms in total. The monoisotopic (exact) mass is 315 g/mol. The van der Waals surface area contributed by atoms with Crippen LogP contribution in [0.25, 0.3) is 0 Å². The lowest BCUT2D eigenvalue weighted by Crippen LogP contribution is -2.46. The third-order valence-electron chi connectivity index (χ3n) is 4.88. The molecule has 4 rings (SSSR count). The summed E-state index contributed by atoms with van der Waals surface area (Å²) in [4.78, 5) is 14.6. The van der Waals surface area contributed by atoms with Crippen molar-refractivity contribution in [1.82, 2.24) is 14.7 Å². The largest absolute Gasteiger partial charge is 0.454 e. The van der Waals surface area contributed by atoms with Crippen LogP contribution in [0.1, 0.15) is 35.6 Å². The maximum atomic E-state index is 12.7. The van der Waals surface area contributed by atoms with Crippen LogP contribution in [-0.2, 0) is 11.3 Å².